The van der Waals surface area contributed by atoms with Crippen LogP contribution in [0, 0.1) is 0 Å². The van der Waals surface area contributed by atoms with Gasteiger partial charge in [0.25, 0.3) is 0 Å². The summed E-state index contributed by atoms with van der Waals surface area (Å²) in [6, 6.07) is 23.0. The minimum Gasteiger partial charge on any atom is -0.455 e. The van der Waals surface area contributed by atoms with Gasteiger partial charge in [0.1, 0.15) is 11.5 Å². The van der Waals surface area contributed by atoms with Gasteiger partial charge in [-0.1, -0.05) is 42.5 Å². The van der Waals surface area contributed by atoms with E-state index >= 15 is 0 Å². The van der Waals surface area contributed by atoms with Crippen molar-refractivity contribution in [2.75, 3.05) is 11.5 Å². The largest absolute Gasteiger partial charge is 0.455 e. The summed E-state index contributed by atoms with van der Waals surface area (Å²) in [5.41, 5.74) is 15.3. The molecule has 0 amide bonds. The van der Waals surface area contributed by atoms with Crippen molar-refractivity contribution in [1.29, 1.82) is 0 Å². The van der Waals surface area contributed by atoms with Crippen LogP contribution >= 0.6 is 0 Å². The molecule has 3 rings (SSSR count). The van der Waals surface area contributed by atoms with Crippen molar-refractivity contribution in [3.8, 4) is 22.6 Å². The van der Waals surface area contributed by atoms with Crippen molar-refractivity contribution in [3.63, 3.8) is 0 Å². The van der Waals surface area contributed by atoms with Gasteiger partial charge in [0.05, 0.1) is 5.69 Å². The molecule has 0 aliphatic rings. The molecular formula is C18H16N2O. The van der Waals surface area contributed by atoms with Gasteiger partial charge >= 0.3 is 0 Å². The van der Waals surface area contributed by atoms with E-state index in [2.05, 4.69) is 0 Å². The quantitative estimate of drug-likeness (QED) is 0.701. The Morgan fingerprint density at radius 3 is 2.10 bits per heavy atom. The Kier molecular flexibility index (Phi) is 3.48. The van der Waals surface area contributed by atoms with Crippen molar-refractivity contribution in [2.24, 2.45) is 0 Å². The first-order chi connectivity index (χ1) is 10.2. The highest BCUT2D eigenvalue weighted by Crippen LogP contribution is 2.33. The molecule has 21 heavy (non-hydrogen) atoms. The first kappa shape index (κ1) is 13.1. The van der Waals surface area contributed by atoms with Gasteiger partial charge in [-0.05, 0) is 35.9 Å². The maximum absolute atomic E-state index is 6.09. The molecular weight excluding hydrogens is 260 g/mol. The van der Waals surface area contributed by atoms with Gasteiger partial charge in [-0.2, -0.15) is 0 Å². The fourth-order valence-corrected chi connectivity index (χ4v) is 2.18. The van der Waals surface area contributed by atoms with Crippen LogP contribution < -0.4 is 16.2 Å². The molecule has 0 fully saturated rings. The third kappa shape index (κ3) is 2.82. The van der Waals surface area contributed by atoms with E-state index in [1.165, 1.54) is 0 Å². The molecule has 0 aliphatic carbocycles. The highest BCUT2D eigenvalue weighted by Gasteiger charge is 2.07. The fourth-order valence-electron chi connectivity index (χ4n) is 2.18. The lowest BCUT2D eigenvalue weighted by Crippen LogP contribution is -1.94. The summed E-state index contributed by atoms with van der Waals surface area (Å²) in [6.45, 7) is 0. The first-order valence-corrected chi connectivity index (χ1v) is 6.71. The fraction of sp³-hybridized carbons (Fsp3) is 0. The minimum atomic E-state index is 0.583. The van der Waals surface area contributed by atoms with E-state index in [9.17, 15) is 0 Å². The van der Waals surface area contributed by atoms with E-state index in [4.69, 9.17) is 16.2 Å². The van der Waals surface area contributed by atoms with E-state index in [0.717, 1.165) is 22.6 Å². The van der Waals surface area contributed by atoms with E-state index in [-0.39, 0.29) is 0 Å². The second kappa shape index (κ2) is 5.59. The Labute approximate surface area is 123 Å². The van der Waals surface area contributed by atoms with Crippen LogP contribution in [-0.2, 0) is 0 Å². The highest BCUT2D eigenvalue weighted by molar-refractivity contribution is 5.79. The molecule has 0 aliphatic heterocycles. The monoisotopic (exact) mass is 276 g/mol. The van der Waals surface area contributed by atoms with Gasteiger partial charge in [-0.25, -0.2) is 0 Å². The second-order valence-electron chi connectivity index (χ2n) is 4.75. The van der Waals surface area contributed by atoms with Crippen LogP contribution in [0.25, 0.3) is 11.1 Å². The number of anilines is 2. The molecule has 0 spiro atoms. The number of benzene rings is 3. The molecule has 0 atom stereocenters. The van der Waals surface area contributed by atoms with Crippen molar-refractivity contribution < 1.29 is 4.74 Å². The summed E-state index contributed by atoms with van der Waals surface area (Å²) >= 11 is 0. The van der Waals surface area contributed by atoms with Crippen molar-refractivity contribution in [1.82, 2.24) is 0 Å². The van der Waals surface area contributed by atoms with E-state index in [0.29, 0.717) is 11.4 Å². The zero-order valence-corrected chi connectivity index (χ0v) is 11.5. The van der Waals surface area contributed by atoms with E-state index in [1.54, 1.807) is 0 Å². The Hall–Kier alpha value is -2.94. The van der Waals surface area contributed by atoms with Crippen LogP contribution in [0.1, 0.15) is 0 Å². The molecule has 3 aromatic carbocycles. The summed E-state index contributed by atoms with van der Waals surface area (Å²) in [5.74, 6) is 1.40. The molecule has 0 saturated heterocycles. The second-order valence-corrected chi connectivity index (χ2v) is 4.75. The Bertz CT molecular complexity index is 754. The maximum atomic E-state index is 6.09. The Morgan fingerprint density at radius 1 is 0.667 bits per heavy atom. The molecule has 4 N–H and O–H groups in total. The number of para-hydroxylation sites is 2. The summed E-state index contributed by atoms with van der Waals surface area (Å²) < 4.78 is 5.77. The number of ether oxygens (including phenoxy) is 1. The van der Waals surface area contributed by atoms with Crippen molar-refractivity contribution in [3.05, 3.63) is 72.8 Å². The van der Waals surface area contributed by atoms with Crippen LogP contribution in [0.4, 0.5) is 11.4 Å². The van der Waals surface area contributed by atoms with Gasteiger partial charge in [0.2, 0.25) is 0 Å². The van der Waals surface area contributed by atoms with Gasteiger partial charge in [0, 0.05) is 11.3 Å². The third-order valence-corrected chi connectivity index (χ3v) is 3.25. The number of nitrogen functional groups attached to an aromatic ring is 2. The lowest BCUT2D eigenvalue weighted by molar-refractivity contribution is 0.485. The molecule has 0 heterocycles. The van der Waals surface area contributed by atoms with E-state index in [1.807, 2.05) is 72.8 Å². The molecule has 3 nitrogen and oxygen atoms in total. The molecule has 0 radical (unpaired) electrons. The number of hydrogen-bond donors (Lipinski definition) is 2. The molecule has 0 aromatic heterocycles. The maximum Gasteiger partial charge on any atom is 0.150 e. The molecule has 0 saturated carbocycles. The smallest absolute Gasteiger partial charge is 0.150 e. The third-order valence-electron chi connectivity index (χ3n) is 3.25. The van der Waals surface area contributed by atoms with Gasteiger partial charge in [0.15, 0.2) is 0 Å². The van der Waals surface area contributed by atoms with Gasteiger partial charge in [-0.3, -0.25) is 0 Å². The van der Waals surface area contributed by atoms with Crippen molar-refractivity contribution in [2.45, 2.75) is 0 Å². The number of nitrogens with two attached hydrogens (primary N) is 2. The zero-order valence-electron chi connectivity index (χ0n) is 11.5. The average molecular weight is 276 g/mol. The molecule has 0 unspecified atom stereocenters. The molecule has 0 bridgehead atoms. The Morgan fingerprint density at radius 2 is 1.38 bits per heavy atom. The zero-order chi connectivity index (χ0) is 14.7. The average Bonchev–Trinajstić information content (AvgIpc) is 2.51. The summed E-state index contributed by atoms with van der Waals surface area (Å²) in [4.78, 5) is 0. The predicted octanol–water partition coefficient (Wildman–Crippen LogP) is 4.31. The number of rotatable bonds is 3. The van der Waals surface area contributed by atoms with Crippen LogP contribution in [0.15, 0.2) is 72.8 Å². The predicted molar refractivity (Wildman–Crippen MR) is 87.2 cm³/mol. The normalized spacial score (nSPS) is 10.3. The van der Waals surface area contributed by atoms with Gasteiger partial charge < -0.3 is 16.2 Å². The number of hydrogen-bond acceptors (Lipinski definition) is 3. The van der Waals surface area contributed by atoms with Gasteiger partial charge in [-0.15, -0.1) is 0 Å². The molecule has 3 heteroatoms. The summed E-state index contributed by atoms with van der Waals surface area (Å²) in [6.07, 6.45) is 0. The topological polar surface area (TPSA) is 61.3 Å². The standard InChI is InChI=1S/C18H16N2O/c19-16-9-5-4-8-15(16)13-10-11-18(17(20)12-13)21-14-6-2-1-3-7-14/h1-12H,19-20H2. The van der Waals surface area contributed by atoms with Crippen LogP contribution in [0.5, 0.6) is 11.5 Å². The van der Waals surface area contributed by atoms with Crippen LogP contribution in [0.2, 0.25) is 0 Å². The summed E-state index contributed by atoms with van der Waals surface area (Å²) in [7, 11) is 0. The van der Waals surface area contributed by atoms with Crippen LogP contribution in [-0.4, -0.2) is 0 Å². The lowest BCUT2D eigenvalue weighted by Gasteiger charge is -2.11. The first-order valence-electron chi connectivity index (χ1n) is 6.71. The highest BCUT2D eigenvalue weighted by atomic mass is 16.5. The molecule has 3 aromatic rings. The summed E-state index contributed by atoms with van der Waals surface area (Å²) in [5, 5.41) is 0. The SMILES string of the molecule is Nc1cc(-c2ccccc2N)ccc1Oc1ccccc1. The minimum absolute atomic E-state index is 0.583. The van der Waals surface area contributed by atoms with Crippen molar-refractivity contribution >= 4 is 11.4 Å². The van der Waals surface area contributed by atoms with Crippen LogP contribution in [0.3, 0.4) is 0 Å². The Balaban J connectivity index is 1.92. The van der Waals surface area contributed by atoms with E-state index < -0.39 is 0 Å². The molecule has 104 valence electrons. The lowest BCUT2D eigenvalue weighted by atomic mass is 10.0.